The van der Waals surface area contributed by atoms with Gasteiger partial charge in [0.05, 0.1) is 0 Å². The molecule has 3 nitrogen and oxygen atoms in total. The van der Waals surface area contributed by atoms with Gasteiger partial charge in [0.15, 0.2) is 5.78 Å². The van der Waals surface area contributed by atoms with Gasteiger partial charge in [0, 0.05) is 24.2 Å². The summed E-state index contributed by atoms with van der Waals surface area (Å²) in [6, 6.07) is 15.2. The van der Waals surface area contributed by atoms with Gasteiger partial charge >= 0.3 is 0 Å². The molecule has 0 unspecified atom stereocenters. The SMILES string of the molecule is Cc1ccccc1/C=C/C(=O)c1ccc(N2CCCC2=O)cc1. The quantitative estimate of drug-likeness (QED) is 0.632. The summed E-state index contributed by atoms with van der Waals surface area (Å²) in [4.78, 5) is 25.8. The highest BCUT2D eigenvalue weighted by atomic mass is 16.2. The van der Waals surface area contributed by atoms with Crippen molar-refractivity contribution >= 4 is 23.5 Å². The number of carbonyl (C=O) groups excluding carboxylic acids is 2. The van der Waals surface area contributed by atoms with Crippen LogP contribution < -0.4 is 4.90 Å². The fraction of sp³-hybridized carbons (Fsp3) is 0.200. The van der Waals surface area contributed by atoms with E-state index in [1.165, 1.54) is 0 Å². The molecule has 0 aromatic heterocycles. The number of ketones is 1. The Labute approximate surface area is 136 Å². The van der Waals surface area contributed by atoms with E-state index in [-0.39, 0.29) is 11.7 Å². The molecule has 3 rings (SSSR count). The molecule has 23 heavy (non-hydrogen) atoms. The van der Waals surface area contributed by atoms with Crippen LogP contribution in [0.25, 0.3) is 6.08 Å². The second kappa shape index (κ2) is 6.61. The van der Waals surface area contributed by atoms with Crippen LogP contribution in [0.2, 0.25) is 0 Å². The molecule has 0 spiro atoms. The molecule has 1 aliphatic heterocycles. The molecule has 2 aromatic carbocycles. The Hall–Kier alpha value is -2.68. The lowest BCUT2D eigenvalue weighted by atomic mass is 10.1. The minimum Gasteiger partial charge on any atom is -0.312 e. The molecular formula is C20H19NO2. The minimum absolute atomic E-state index is 0.0347. The van der Waals surface area contributed by atoms with E-state index in [9.17, 15) is 9.59 Å². The van der Waals surface area contributed by atoms with Gasteiger partial charge in [-0.15, -0.1) is 0 Å². The summed E-state index contributed by atoms with van der Waals surface area (Å²) >= 11 is 0. The third-order valence-corrected chi connectivity index (χ3v) is 4.14. The van der Waals surface area contributed by atoms with E-state index in [2.05, 4.69) is 0 Å². The van der Waals surface area contributed by atoms with Crippen molar-refractivity contribution in [2.24, 2.45) is 0 Å². The molecule has 3 heteroatoms. The van der Waals surface area contributed by atoms with Crippen molar-refractivity contribution in [3.05, 3.63) is 71.3 Å². The highest BCUT2D eigenvalue weighted by Gasteiger charge is 2.21. The standard InChI is InChI=1S/C20H19NO2/c1-15-5-2-3-6-16(15)10-13-19(22)17-8-11-18(12-9-17)21-14-4-7-20(21)23/h2-3,5-6,8-13H,4,7,14H2,1H3/b13-10+. The lowest BCUT2D eigenvalue weighted by Gasteiger charge is -2.15. The van der Waals surface area contributed by atoms with Crippen LogP contribution in [0, 0.1) is 6.92 Å². The topological polar surface area (TPSA) is 37.4 Å². The van der Waals surface area contributed by atoms with Crippen LogP contribution in [0.3, 0.4) is 0 Å². The number of aryl methyl sites for hydroxylation is 1. The van der Waals surface area contributed by atoms with Crippen molar-refractivity contribution in [3.8, 4) is 0 Å². The molecule has 2 aromatic rings. The van der Waals surface area contributed by atoms with Gasteiger partial charge in [0.1, 0.15) is 0 Å². The fourth-order valence-corrected chi connectivity index (χ4v) is 2.76. The number of amides is 1. The third kappa shape index (κ3) is 3.39. The maximum Gasteiger partial charge on any atom is 0.227 e. The van der Waals surface area contributed by atoms with Crippen LogP contribution in [0.5, 0.6) is 0 Å². The molecule has 1 saturated heterocycles. The Morgan fingerprint density at radius 3 is 2.48 bits per heavy atom. The lowest BCUT2D eigenvalue weighted by Crippen LogP contribution is -2.23. The number of allylic oxidation sites excluding steroid dienone is 1. The van der Waals surface area contributed by atoms with Gasteiger partial charge in [-0.2, -0.15) is 0 Å². The zero-order chi connectivity index (χ0) is 16.2. The molecule has 0 atom stereocenters. The number of anilines is 1. The summed E-state index contributed by atoms with van der Waals surface area (Å²) in [6.45, 7) is 2.78. The van der Waals surface area contributed by atoms with Gasteiger partial charge in [-0.25, -0.2) is 0 Å². The van der Waals surface area contributed by atoms with Crippen LogP contribution in [-0.2, 0) is 4.79 Å². The third-order valence-electron chi connectivity index (χ3n) is 4.14. The molecule has 1 fully saturated rings. The maximum atomic E-state index is 12.3. The zero-order valence-electron chi connectivity index (χ0n) is 13.2. The van der Waals surface area contributed by atoms with Crippen LogP contribution in [0.4, 0.5) is 5.69 Å². The van der Waals surface area contributed by atoms with Crippen molar-refractivity contribution < 1.29 is 9.59 Å². The molecular weight excluding hydrogens is 286 g/mol. The predicted octanol–water partition coefficient (Wildman–Crippen LogP) is 4.02. The predicted molar refractivity (Wildman–Crippen MR) is 92.6 cm³/mol. The first-order valence-electron chi connectivity index (χ1n) is 7.83. The highest BCUT2D eigenvalue weighted by Crippen LogP contribution is 2.22. The maximum absolute atomic E-state index is 12.3. The summed E-state index contributed by atoms with van der Waals surface area (Å²) in [7, 11) is 0. The Morgan fingerprint density at radius 1 is 1.09 bits per heavy atom. The van der Waals surface area contributed by atoms with Gasteiger partial charge in [-0.05, 0) is 54.8 Å². The van der Waals surface area contributed by atoms with E-state index in [4.69, 9.17) is 0 Å². The smallest absolute Gasteiger partial charge is 0.227 e. The second-order valence-corrected chi connectivity index (χ2v) is 5.75. The van der Waals surface area contributed by atoms with Gasteiger partial charge in [0.25, 0.3) is 0 Å². The minimum atomic E-state index is -0.0347. The molecule has 0 aliphatic carbocycles. The Balaban J connectivity index is 1.73. The first kappa shape index (κ1) is 15.2. The first-order valence-corrected chi connectivity index (χ1v) is 7.83. The molecule has 0 N–H and O–H groups in total. The summed E-state index contributed by atoms with van der Waals surface area (Å²) in [6.07, 6.45) is 4.95. The molecule has 1 aliphatic rings. The van der Waals surface area contributed by atoms with Crippen LogP contribution >= 0.6 is 0 Å². The van der Waals surface area contributed by atoms with Gasteiger partial charge < -0.3 is 4.90 Å². The van der Waals surface area contributed by atoms with Gasteiger partial charge in [-0.1, -0.05) is 30.3 Å². The molecule has 0 bridgehead atoms. The van der Waals surface area contributed by atoms with Crippen molar-refractivity contribution in [1.29, 1.82) is 0 Å². The summed E-state index contributed by atoms with van der Waals surface area (Å²) < 4.78 is 0. The van der Waals surface area contributed by atoms with Crippen molar-refractivity contribution in [2.45, 2.75) is 19.8 Å². The number of benzene rings is 2. The molecule has 0 radical (unpaired) electrons. The van der Waals surface area contributed by atoms with E-state index in [0.717, 1.165) is 29.8 Å². The van der Waals surface area contributed by atoms with Crippen LogP contribution in [-0.4, -0.2) is 18.2 Å². The lowest BCUT2D eigenvalue weighted by molar-refractivity contribution is -0.117. The monoisotopic (exact) mass is 305 g/mol. The summed E-state index contributed by atoms with van der Waals surface area (Å²) in [5.41, 5.74) is 3.68. The van der Waals surface area contributed by atoms with Crippen molar-refractivity contribution in [3.63, 3.8) is 0 Å². The molecule has 0 saturated carbocycles. The number of hydrogen-bond donors (Lipinski definition) is 0. The number of hydrogen-bond acceptors (Lipinski definition) is 2. The van der Waals surface area contributed by atoms with E-state index >= 15 is 0 Å². The number of rotatable bonds is 4. The summed E-state index contributed by atoms with van der Waals surface area (Å²) in [5, 5.41) is 0. The largest absolute Gasteiger partial charge is 0.312 e. The van der Waals surface area contributed by atoms with Gasteiger partial charge in [-0.3, -0.25) is 9.59 Å². The van der Waals surface area contributed by atoms with E-state index in [0.29, 0.717) is 12.0 Å². The Morgan fingerprint density at radius 2 is 1.83 bits per heavy atom. The Bertz CT molecular complexity index is 759. The van der Waals surface area contributed by atoms with Crippen LogP contribution in [0.15, 0.2) is 54.6 Å². The second-order valence-electron chi connectivity index (χ2n) is 5.75. The average molecular weight is 305 g/mol. The number of nitrogens with zero attached hydrogens (tertiary/aromatic N) is 1. The van der Waals surface area contributed by atoms with E-state index < -0.39 is 0 Å². The summed E-state index contributed by atoms with van der Waals surface area (Å²) in [5.74, 6) is 0.121. The fourth-order valence-electron chi connectivity index (χ4n) is 2.76. The van der Waals surface area contributed by atoms with Crippen molar-refractivity contribution in [2.75, 3.05) is 11.4 Å². The van der Waals surface area contributed by atoms with E-state index in [1.807, 2.05) is 49.4 Å². The van der Waals surface area contributed by atoms with E-state index in [1.54, 1.807) is 23.1 Å². The average Bonchev–Trinajstić information content (AvgIpc) is 3.00. The van der Waals surface area contributed by atoms with Gasteiger partial charge in [0.2, 0.25) is 5.91 Å². The normalized spacial score (nSPS) is 14.7. The molecule has 1 heterocycles. The molecule has 116 valence electrons. The highest BCUT2D eigenvalue weighted by molar-refractivity contribution is 6.07. The molecule has 1 amide bonds. The first-order chi connectivity index (χ1) is 11.1. The van der Waals surface area contributed by atoms with Crippen LogP contribution in [0.1, 0.15) is 34.3 Å². The Kier molecular flexibility index (Phi) is 4.38. The zero-order valence-corrected chi connectivity index (χ0v) is 13.2. The van der Waals surface area contributed by atoms with Crippen molar-refractivity contribution in [1.82, 2.24) is 0 Å². The number of carbonyl (C=O) groups is 2.